The molecule has 0 aromatic heterocycles. The van der Waals surface area contributed by atoms with Crippen LogP contribution in [0.1, 0.15) is 19.8 Å². The smallest absolute Gasteiger partial charge is 0.198 e. The average molecular weight is 198 g/mol. The maximum atomic E-state index is 12.2. The van der Waals surface area contributed by atoms with Crippen LogP contribution >= 0.6 is 0 Å². The highest BCUT2D eigenvalue weighted by Gasteiger charge is 2.37. The highest BCUT2D eigenvalue weighted by Crippen LogP contribution is 2.29. The van der Waals surface area contributed by atoms with Crippen LogP contribution in [0.4, 0.5) is 22.0 Å². The van der Waals surface area contributed by atoms with E-state index in [2.05, 4.69) is 5.92 Å². The Morgan fingerprint density at radius 2 is 1.77 bits per heavy atom. The number of halogens is 5. The number of allylic oxidation sites excluding steroid dienone is 2. The van der Waals surface area contributed by atoms with Crippen LogP contribution in [0.3, 0.4) is 0 Å². The third-order valence-corrected chi connectivity index (χ3v) is 1.01. The van der Waals surface area contributed by atoms with E-state index >= 15 is 0 Å². The molecule has 0 aliphatic carbocycles. The van der Waals surface area contributed by atoms with Gasteiger partial charge in [-0.1, -0.05) is 12.8 Å². The van der Waals surface area contributed by atoms with E-state index in [4.69, 9.17) is 0 Å². The minimum Gasteiger partial charge on any atom is -0.198 e. The maximum absolute atomic E-state index is 12.2. The highest BCUT2D eigenvalue weighted by molar-refractivity contribution is 5.26. The van der Waals surface area contributed by atoms with E-state index in [0.29, 0.717) is 6.42 Å². The molecule has 0 amide bonds. The number of hydrogen-bond donors (Lipinski definition) is 0. The molecule has 0 radical (unpaired) electrons. The van der Waals surface area contributed by atoms with E-state index in [-0.39, 0.29) is 6.42 Å². The van der Waals surface area contributed by atoms with Crippen molar-refractivity contribution in [2.24, 2.45) is 0 Å². The van der Waals surface area contributed by atoms with Gasteiger partial charge in [-0.25, -0.2) is 0 Å². The molecule has 0 N–H and O–H groups in total. The summed E-state index contributed by atoms with van der Waals surface area (Å²) in [5, 5.41) is 0. The van der Waals surface area contributed by atoms with Crippen LogP contribution in [0, 0.1) is 11.8 Å². The van der Waals surface area contributed by atoms with Gasteiger partial charge in [0.05, 0.1) is 0 Å². The lowest BCUT2D eigenvalue weighted by atomic mass is 10.3. The van der Waals surface area contributed by atoms with Gasteiger partial charge < -0.3 is 0 Å². The Kier molecular flexibility index (Phi) is 4.46. The zero-order valence-electron chi connectivity index (χ0n) is 6.80. The summed E-state index contributed by atoms with van der Waals surface area (Å²) in [4.78, 5) is 0. The Morgan fingerprint density at radius 1 is 1.23 bits per heavy atom. The summed E-state index contributed by atoms with van der Waals surface area (Å²) in [6.07, 6.45) is -4.47. The molecule has 0 fully saturated rings. The molecule has 0 heterocycles. The van der Waals surface area contributed by atoms with Crippen molar-refractivity contribution in [3.8, 4) is 11.8 Å². The first kappa shape index (κ1) is 11.9. The lowest BCUT2D eigenvalue weighted by Crippen LogP contribution is -2.09. The minimum absolute atomic E-state index is 0.235. The molecular weight excluding hydrogens is 191 g/mol. The van der Waals surface area contributed by atoms with Gasteiger partial charge in [0.1, 0.15) is 0 Å². The zero-order chi connectivity index (χ0) is 10.5. The second-order valence-electron chi connectivity index (χ2n) is 2.18. The fourth-order valence-corrected chi connectivity index (χ4v) is 0.444. The van der Waals surface area contributed by atoms with Gasteiger partial charge >= 0.3 is 6.18 Å². The Labute approximate surface area is 72.4 Å². The van der Waals surface area contributed by atoms with Gasteiger partial charge in [0.2, 0.25) is 11.7 Å². The number of unbranched alkanes of at least 4 members (excludes halogenated alkanes) is 1. The van der Waals surface area contributed by atoms with E-state index in [0.717, 1.165) is 0 Å². The summed E-state index contributed by atoms with van der Waals surface area (Å²) < 4.78 is 58.6. The molecule has 5 heteroatoms. The molecule has 0 aliphatic heterocycles. The van der Waals surface area contributed by atoms with Crippen molar-refractivity contribution >= 4 is 0 Å². The summed E-state index contributed by atoms with van der Waals surface area (Å²) in [5.74, 6) is -1.30. The number of alkyl halides is 3. The Hall–Kier alpha value is -1.05. The van der Waals surface area contributed by atoms with Gasteiger partial charge in [0.25, 0.3) is 0 Å². The average Bonchev–Trinajstić information content (AvgIpc) is 2.01. The first-order valence-corrected chi connectivity index (χ1v) is 3.51. The Balaban J connectivity index is 4.57. The largest absolute Gasteiger partial charge is 0.446 e. The van der Waals surface area contributed by atoms with Gasteiger partial charge in [-0.2, -0.15) is 22.0 Å². The van der Waals surface area contributed by atoms with Crippen molar-refractivity contribution in [2.75, 3.05) is 0 Å². The van der Waals surface area contributed by atoms with Gasteiger partial charge in [-0.05, 0) is 12.3 Å². The van der Waals surface area contributed by atoms with E-state index in [9.17, 15) is 22.0 Å². The molecule has 0 saturated carbocycles. The fourth-order valence-electron chi connectivity index (χ4n) is 0.444. The second-order valence-corrected chi connectivity index (χ2v) is 2.18. The molecule has 13 heavy (non-hydrogen) atoms. The molecule has 0 unspecified atom stereocenters. The Morgan fingerprint density at radius 3 is 2.15 bits per heavy atom. The van der Waals surface area contributed by atoms with E-state index in [1.807, 2.05) is 0 Å². The normalized spacial score (nSPS) is 13.1. The number of hydrogen-bond acceptors (Lipinski definition) is 0. The monoisotopic (exact) mass is 198 g/mol. The van der Waals surface area contributed by atoms with Crippen LogP contribution in [0.5, 0.6) is 0 Å². The predicted molar refractivity (Wildman–Crippen MR) is 38.0 cm³/mol. The van der Waals surface area contributed by atoms with Crippen LogP contribution < -0.4 is 0 Å². The molecule has 0 saturated heterocycles. The summed E-state index contributed by atoms with van der Waals surface area (Å²) in [7, 11) is 0. The fraction of sp³-hybridized carbons (Fsp3) is 0.500. The van der Waals surface area contributed by atoms with Crippen molar-refractivity contribution in [1.29, 1.82) is 0 Å². The molecule has 0 rings (SSSR count). The second kappa shape index (κ2) is 4.85. The molecular formula is C8H7F5. The molecule has 0 aromatic carbocycles. The molecule has 0 aromatic rings. The van der Waals surface area contributed by atoms with Crippen molar-refractivity contribution < 1.29 is 22.0 Å². The lowest BCUT2D eigenvalue weighted by Gasteiger charge is -2.00. The van der Waals surface area contributed by atoms with Crippen LogP contribution in [0.25, 0.3) is 0 Å². The summed E-state index contributed by atoms with van der Waals surface area (Å²) >= 11 is 0. The standard InChI is InChI=1S/C8H7F5/c1-2-3-4-5-6(9)7(10)8(11,12)13/h2-3H2,1H3/b7-6+. The van der Waals surface area contributed by atoms with Crippen molar-refractivity contribution in [3.63, 3.8) is 0 Å². The first-order valence-electron chi connectivity index (χ1n) is 3.51. The minimum atomic E-state index is -5.29. The lowest BCUT2D eigenvalue weighted by molar-refractivity contribution is -0.110. The SMILES string of the molecule is CCCC#C/C(F)=C(\F)C(F)(F)F. The van der Waals surface area contributed by atoms with Gasteiger partial charge in [-0.15, -0.1) is 0 Å². The van der Waals surface area contributed by atoms with Crippen molar-refractivity contribution in [2.45, 2.75) is 25.9 Å². The van der Waals surface area contributed by atoms with Crippen molar-refractivity contribution in [1.82, 2.24) is 0 Å². The Bertz CT molecular complexity index is 250. The van der Waals surface area contributed by atoms with Gasteiger partial charge in [0, 0.05) is 6.42 Å². The first-order chi connectivity index (χ1) is 5.89. The summed E-state index contributed by atoms with van der Waals surface area (Å²) in [6, 6.07) is 0. The summed E-state index contributed by atoms with van der Waals surface area (Å²) in [6.45, 7) is 1.72. The maximum Gasteiger partial charge on any atom is 0.446 e. The zero-order valence-corrected chi connectivity index (χ0v) is 6.80. The molecule has 0 aliphatic rings. The predicted octanol–water partition coefficient (Wildman–Crippen LogP) is 3.50. The summed E-state index contributed by atoms with van der Waals surface area (Å²) in [5.41, 5.74) is 0. The molecule has 74 valence electrons. The van der Waals surface area contributed by atoms with E-state index in [1.165, 1.54) is 5.92 Å². The van der Waals surface area contributed by atoms with E-state index < -0.39 is 17.8 Å². The molecule has 0 bridgehead atoms. The van der Waals surface area contributed by atoms with Crippen LogP contribution in [-0.2, 0) is 0 Å². The van der Waals surface area contributed by atoms with Gasteiger partial charge in [0.15, 0.2) is 0 Å². The number of rotatable bonds is 1. The third kappa shape index (κ3) is 4.51. The third-order valence-electron chi connectivity index (χ3n) is 1.01. The topological polar surface area (TPSA) is 0 Å². The van der Waals surface area contributed by atoms with Crippen LogP contribution in [-0.4, -0.2) is 6.18 Å². The highest BCUT2D eigenvalue weighted by atomic mass is 19.4. The van der Waals surface area contributed by atoms with E-state index in [1.54, 1.807) is 6.92 Å². The van der Waals surface area contributed by atoms with Crippen molar-refractivity contribution in [3.05, 3.63) is 11.7 Å². The molecule has 0 nitrogen and oxygen atoms in total. The van der Waals surface area contributed by atoms with Gasteiger partial charge in [-0.3, -0.25) is 0 Å². The molecule has 0 spiro atoms. The molecule has 0 atom stereocenters. The quantitative estimate of drug-likeness (QED) is 0.446. The van der Waals surface area contributed by atoms with Crippen LogP contribution in [0.2, 0.25) is 0 Å². The van der Waals surface area contributed by atoms with Crippen LogP contribution in [0.15, 0.2) is 11.7 Å².